The Labute approximate surface area is 99.5 Å². The first-order chi connectivity index (χ1) is 8.20. The van der Waals surface area contributed by atoms with Crippen LogP contribution in [0.1, 0.15) is 0 Å². The first-order valence-electron chi connectivity index (χ1n) is 5.30. The zero-order chi connectivity index (χ0) is 12.3. The molecular weight excluding hydrogens is 216 g/mol. The Kier molecular flexibility index (Phi) is 3.14. The molecule has 0 saturated heterocycles. The number of rotatable bonds is 3. The van der Waals surface area contributed by atoms with Crippen molar-refractivity contribution in [2.24, 2.45) is 7.05 Å². The molecule has 0 aliphatic carbocycles. The number of fused-ring (bicyclic) bond motifs is 1. The molecule has 17 heavy (non-hydrogen) atoms. The number of benzene rings is 1. The van der Waals surface area contributed by atoms with Gasteiger partial charge in [0.25, 0.3) is 0 Å². The van der Waals surface area contributed by atoms with Crippen LogP contribution < -0.4 is 5.32 Å². The lowest BCUT2D eigenvalue weighted by molar-refractivity contribution is 0.174. The zero-order valence-corrected chi connectivity index (χ0v) is 9.64. The molecule has 88 valence electrons. The first kappa shape index (κ1) is 11.3. The summed E-state index contributed by atoms with van der Waals surface area (Å²) in [5.74, 6) is 0. The number of anilines is 1. The van der Waals surface area contributed by atoms with Crippen LogP contribution in [0.2, 0.25) is 0 Å². The quantitative estimate of drug-likeness (QED) is 0.824. The van der Waals surface area contributed by atoms with E-state index < -0.39 is 6.09 Å². The number of amides is 1. The minimum atomic E-state index is -0.472. The summed E-state index contributed by atoms with van der Waals surface area (Å²) in [7, 11) is 1.98. The number of hydrogen-bond donors (Lipinski definition) is 1. The molecule has 1 N–H and O–H groups in total. The predicted molar refractivity (Wildman–Crippen MR) is 68.1 cm³/mol. The van der Waals surface area contributed by atoms with Gasteiger partial charge in [-0.2, -0.15) is 0 Å². The van der Waals surface area contributed by atoms with Crippen molar-refractivity contribution in [3.05, 3.63) is 43.1 Å². The van der Waals surface area contributed by atoms with Gasteiger partial charge in [-0.3, -0.25) is 5.32 Å². The number of hydrogen-bond acceptors (Lipinski definition) is 2. The number of nitrogens with zero attached hydrogens (tertiary/aromatic N) is 1. The number of ether oxygens (including phenoxy) is 1. The standard InChI is InChI=1S/C13H14N2O2/c1-3-8-17-13(16)14-11-4-5-12-10(9-11)6-7-15(12)2/h3-7,9H,1,8H2,2H3,(H,14,16). The van der Waals surface area contributed by atoms with E-state index in [1.54, 1.807) is 0 Å². The third-order valence-electron chi connectivity index (χ3n) is 2.46. The Morgan fingerprint density at radius 2 is 2.35 bits per heavy atom. The number of carbonyl (C=O) groups is 1. The van der Waals surface area contributed by atoms with Crippen molar-refractivity contribution in [2.45, 2.75) is 0 Å². The van der Waals surface area contributed by atoms with Crippen molar-refractivity contribution < 1.29 is 9.53 Å². The number of aryl methyl sites for hydroxylation is 1. The van der Waals surface area contributed by atoms with E-state index in [1.807, 2.05) is 42.1 Å². The predicted octanol–water partition coefficient (Wildman–Crippen LogP) is 2.91. The van der Waals surface area contributed by atoms with Gasteiger partial charge in [0, 0.05) is 29.8 Å². The molecule has 0 aliphatic heterocycles. The number of carbonyl (C=O) groups excluding carboxylic acids is 1. The van der Waals surface area contributed by atoms with Crippen molar-refractivity contribution in [2.75, 3.05) is 11.9 Å². The Hall–Kier alpha value is -2.23. The summed E-state index contributed by atoms with van der Waals surface area (Å²) in [6, 6.07) is 7.70. The van der Waals surface area contributed by atoms with Gasteiger partial charge < -0.3 is 9.30 Å². The maximum atomic E-state index is 11.3. The van der Waals surface area contributed by atoms with Gasteiger partial charge in [-0.05, 0) is 24.3 Å². The van der Waals surface area contributed by atoms with Crippen LogP contribution in [0, 0.1) is 0 Å². The molecule has 0 fully saturated rings. The highest BCUT2D eigenvalue weighted by Gasteiger charge is 2.04. The maximum absolute atomic E-state index is 11.3. The first-order valence-corrected chi connectivity index (χ1v) is 5.30. The van der Waals surface area contributed by atoms with Crippen LogP contribution in [0.3, 0.4) is 0 Å². The van der Waals surface area contributed by atoms with Crippen LogP contribution in [0.5, 0.6) is 0 Å². The van der Waals surface area contributed by atoms with E-state index in [-0.39, 0.29) is 6.61 Å². The van der Waals surface area contributed by atoms with Crippen molar-refractivity contribution >= 4 is 22.7 Å². The Morgan fingerprint density at radius 1 is 1.53 bits per heavy atom. The maximum Gasteiger partial charge on any atom is 0.411 e. The Morgan fingerprint density at radius 3 is 3.12 bits per heavy atom. The lowest BCUT2D eigenvalue weighted by Gasteiger charge is -2.05. The largest absolute Gasteiger partial charge is 0.445 e. The fourth-order valence-corrected chi connectivity index (χ4v) is 1.65. The molecule has 0 saturated carbocycles. The zero-order valence-electron chi connectivity index (χ0n) is 9.64. The minimum Gasteiger partial charge on any atom is -0.445 e. The van der Waals surface area contributed by atoms with E-state index >= 15 is 0 Å². The monoisotopic (exact) mass is 230 g/mol. The molecule has 0 atom stereocenters. The van der Waals surface area contributed by atoms with Crippen LogP contribution >= 0.6 is 0 Å². The normalized spacial score (nSPS) is 10.2. The van der Waals surface area contributed by atoms with E-state index in [4.69, 9.17) is 4.74 Å². The van der Waals surface area contributed by atoms with Crippen LogP contribution in [-0.4, -0.2) is 17.3 Å². The summed E-state index contributed by atoms with van der Waals surface area (Å²) in [4.78, 5) is 11.3. The average Bonchev–Trinajstić information content (AvgIpc) is 2.68. The smallest absolute Gasteiger partial charge is 0.411 e. The van der Waals surface area contributed by atoms with Gasteiger partial charge in [0.1, 0.15) is 6.61 Å². The van der Waals surface area contributed by atoms with Crippen LogP contribution in [-0.2, 0) is 11.8 Å². The summed E-state index contributed by atoms with van der Waals surface area (Å²) >= 11 is 0. The highest BCUT2D eigenvalue weighted by Crippen LogP contribution is 2.19. The van der Waals surface area contributed by atoms with Gasteiger partial charge in [-0.25, -0.2) is 4.79 Å². The molecule has 0 radical (unpaired) electrons. The second kappa shape index (κ2) is 4.74. The third kappa shape index (κ3) is 2.47. The van der Waals surface area contributed by atoms with E-state index in [9.17, 15) is 4.79 Å². The van der Waals surface area contributed by atoms with Gasteiger partial charge in [0.15, 0.2) is 0 Å². The van der Waals surface area contributed by atoms with Crippen LogP contribution in [0.25, 0.3) is 10.9 Å². The molecule has 1 aromatic heterocycles. The average molecular weight is 230 g/mol. The lowest BCUT2D eigenvalue weighted by Crippen LogP contribution is -2.13. The fraction of sp³-hybridized carbons (Fsp3) is 0.154. The molecule has 0 bridgehead atoms. The molecule has 4 heteroatoms. The van der Waals surface area contributed by atoms with Crippen molar-refractivity contribution in [1.82, 2.24) is 4.57 Å². The summed E-state index contributed by atoms with van der Waals surface area (Å²) in [5.41, 5.74) is 1.84. The van der Waals surface area contributed by atoms with Crippen LogP contribution in [0.15, 0.2) is 43.1 Å². The number of nitrogens with one attached hydrogen (secondary N) is 1. The molecule has 1 aromatic carbocycles. The molecule has 1 heterocycles. The van der Waals surface area contributed by atoms with E-state index in [0.29, 0.717) is 0 Å². The molecule has 2 rings (SSSR count). The van der Waals surface area contributed by atoms with Crippen LogP contribution in [0.4, 0.5) is 10.5 Å². The van der Waals surface area contributed by atoms with Crippen molar-refractivity contribution in [3.63, 3.8) is 0 Å². The lowest BCUT2D eigenvalue weighted by atomic mass is 10.2. The fourth-order valence-electron chi connectivity index (χ4n) is 1.65. The van der Waals surface area contributed by atoms with E-state index in [2.05, 4.69) is 11.9 Å². The highest BCUT2D eigenvalue weighted by atomic mass is 16.5. The van der Waals surface area contributed by atoms with Gasteiger partial charge in [0.05, 0.1) is 0 Å². The summed E-state index contributed by atoms with van der Waals surface area (Å²) in [6.45, 7) is 3.68. The van der Waals surface area contributed by atoms with Gasteiger partial charge in [0.2, 0.25) is 0 Å². The topological polar surface area (TPSA) is 43.3 Å². The highest BCUT2D eigenvalue weighted by molar-refractivity contribution is 5.90. The molecule has 1 amide bonds. The molecule has 0 unspecified atom stereocenters. The van der Waals surface area contributed by atoms with E-state index in [0.717, 1.165) is 16.6 Å². The Bertz CT molecular complexity index is 558. The Balaban J connectivity index is 2.14. The van der Waals surface area contributed by atoms with Gasteiger partial charge >= 0.3 is 6.09 Å². The van der Waals surface area contributed by atoms with Crippen molar-refractivity contribution in [3.8, 4) is 0 Å². The molecule has 0 spiro atoms. The second-order valence-electron chi connectivity index (χ2n) is 3.71. The summed E-state index contributed by atoms with van der Waals surface area (Å²) in [5, 5.41) is 3.74. The summed E-state index contributed by atoms with van der Waals surface area (Å²) < 4.78 is 6.86. The second-order valence-corrected chi connectivity index (χ2v) is 3.71. The minimum absolute atomic E-state index is 0.208. The van der Waals surface area contributed by atoms with Crippen molar-refractivity contribution in [1.29, 1.82) is 0 Å². The van der Waals surface area contributed by atoms with Gasteiger partial charge in [-0.15, -0.1) is 0 Å². The molecule has 4 nitrogen and oxygen atoms in total. The third-order valence-corrected chi connectivity index (χ3v) is 2.46. The van der Waals surface area contributed by atoms with E-state index in [1.165, 1.54) is 6.08 Å². The molecular formula is C13H14N2O2. The van der Waals surface area contributed by atoms with Gasteiger partial charge in [-0.1, -0.05) is 12.7 Å². The molecule has 0 aliphatic rings. The summed E-state index contributed by atoms with van der Waals surface area (Å²) in [6.07, 6.45) is 3.03. The number of aromatic nitrogens is 1. The SMILES string of the molecule is C=CCOC(=O)Nc1ccc2c(ccn2C)c1. The molecule has 2 aromatic rings.